The first-order valence-electron chi connectivity index (χ1n) is 4.51. The largest absolute Gasteiger partial charge is 0.508 e. The molecule has 2 rings (SSSR count). The Balaban J connectivity index is 2.64. The summed E-state index contributed by atoms with van der Waals surface area (Å²) < 4.78 is 1.83. The number of benzene rings is 1. The molecule has 0 saturated carbocycles. The number of fused-ring (bicyclic) bond motifs is 1. The van der Waals surface area contributed by atoms with Gasteiger partial charge in [0.05, 0.1) is 11.2 Å². The van der Waals surface area contributed by atoms with Crippen molar-refractivity contribution in [1.29, 1.82) is 0 Å². The zero-order valence-electron chi connectivity index (χ0n) is 8.28. The molecule has 1 heterocycles. The van der Waals surface area contributed by atoms with Crippen LogP contribution in [0.3, 0.4) is 0 Å². The first-order valence-corrected chi connectivity index (χ1v) is 4.51. The Morgan fingerprint density at radius 1 is 1.50 bits per heavy atom. The number of hydrogen-bond acceptors (Lipinski definition) is 3. The van der Waals surface area contributed by atoms with E-state index in [9.17, 15) is 5.11 Å². The summed E-state index contributed by atoms with van der Waals surface area (Å²) in [5, 5.41) is 17.8. The summed E-state index contributed by atoms with van der Waals surface area (Å²) in [5.41, 5.74) is 1.96. The normalized spacial score (nSPS) is 11.0. The van der Waals surface area contributed by atoms with Gasteiger partial charge >= 0.3 is 0 Å². The molecule has 0 radical (unpaired) electrons. The highest BCUT2D eigenvalue weighted by atomic mass is 16.3. The Labute approximate surface area is 82.2 Å². The molecule has 14 heavy (non-hydrogen) atoms. The van der Waals surface area contributed by atoms with Crippen LogP contribution >= 0.6 is 0 Å². The maximum Gasteiger partial charge on any atom is 0.117 e. The van der Waals surface area contributed by atoms with E-state index in [2.05, 4.69) is 10.4 Å². The molecule has 0 spiro atoms. The van der Waals surface area contributed by atoms with Crippen LogP contribution in [-0.2, 0) is 13.6 Å². The third-order valence-corrected chi connectivity index (χ3v) is 2.28. The molecule has 0 saturated heterocycles. The summed E-state index contributed by atoms with van der Waals surface area (Å²) in [6, 6.07) is 5.25. The van der Waals surface area contributed by atoms with Gasteiger partial charge in [0.2, 0.25) is 0 Å². The first kappa shape index (κ1) is 9.02. The summed E-state index contributed by atoms with van der Waals surface area (Å²) >= 11 is 0. The molecule has 74 valence electrons. The van der Waals surface area contributed by atoms with Gasteiger partial charge in [-0.05, 0) is 19.2 Å². The number of hydrogen-bond donors (Lipinski definition) is 2. The fourth-order valence-electron chi connectivity index (χ4n) is 1.62. The molecule has 0 unspecified atom stereocenters. The Morgan fingerprint density at radius 3 is 3.00 bits per heavy atom. The predicted molar refractivity (Wildman–Crippen MR) is 55.1 cm³/mol. The van der Waals surface area contributed by atoms with Crippen LogP contribution in [0.25, 0.3) is 10.9 Å². The molecule has 4 nitrogen and oxygen atoms in total. The maximum absolute atomic E-state index is 9.30. The summed E-state index contributed by atoms with van der Waals surface area (Å²) in [5.74, 6) is 0.256. The van der Waals surface area contributed by atoms with Gasteiger partial charge in [0.25, 0.3) is 0 Å². The number of aromatic hydroxyl groups is 1. The summed E-state index contributed by atoms with van der Waals surface area (Å²) in [4.78, 5) is 0. The number of nitrogens with one attached hydrogen (secondary N) is 1. The Morgan fingerprint density at radius 2 is 2.29 bits per heavy atom. The second-order valence-electron chi connectivity index (χ2n) is 3.30. The highest BCUT2D eigenvalue weighted by molar-refractivity contribution is 5.82. The van der Waals surface area contributed by atoms with Crippen LogP contribution in [-0.4, -0.2) is 21.9 Å². The van der Waals surface area contributed by atoms with Gasteiger partial charge in [-0.15, -0.1) is 0 Å². The topological polar surface area (TPSA) is 50.1 Å². The van der Waals surface area contributed by atoms with Gasteiger partial charge < -0.3 is 10.4 Å². The second kappa shape index (κ2) is 3.31. The molecule has 2 N–H and O–H groups in total. The third-order valence-electron chi connectivity index (χ3n) is 2.28. The Kier molecular flexibility index (Phi) is 2.13. The monoisotopic (exact) mass is 191 g/mol. The lowest BCUT2D eigenvalue weighted by atomic mass is 10.2. The molecule has 4 heteroatoms. The molecule has 0 aliphatic rings. The minimum absolute atomic E-state index is 0.256. The first-order chi connectivity index (χ1) is 6.72. The average molecular weight is 191 g/mol. The van der Waals surface area contributed by atoms with E-state index in [0.29, 0.717) is 0 Å². The van der Waals surface area contributed by atoms with Gasteiger partial charge in [-0.25, -0.2) is 0 Å². The molecule has 0 aliphatic heterocycles. The lowest BCUT2D eigenvalue weighted by Crippen LogP contribution is -2.09. The molecule has 0 atom stereocenters. The van der Waals surface area contributed by atoms with Gasteiger partial charge in [-0.1, -0.05) is 0 Å². The van der Waals surface area contributed by atoms with Crippen molar-refractivity contribution in [3.8, 4) is 5.75 Å². The van der Waals surface area contributed by atoms with Crippen molar-refractivity contribution in [1.82, 2.24) is 15.1 Å². The zero-order chi connectivity index (χ0) is 10.1. The SMILES string of the molecule is CNCc1c2ccc(O)cc2nn1C. The molecule has 0 amide bonds. The average Bonchev–Trinajstić information content (AvgIpc) is 2.43. The molecule has 1 aromatic heterocycles. The lowest BCUT2D eigenvalue weighted by Gasteiger charge is -2.00. The molecule has 0 fully saturated rings. The third kappa shape index (κ3) is 1.33. The van der Waals surface area contributed by atoms with E-state index in [1.165, 1.54) is 0 Å². The minimum atomic E-state index is 0.256. The molecule has 0 bridgehead atoms. The molecule has 2 aromatic rings. The lowest BCUT2D eigenvalue weighted by molar-refractivity contribution is 0.476. The number of aryl methyl sites for hydroxylation is 1. The fraction of sp³-hybridized carbons (Fsp3) is 0.300. The van der Waals surface area contributed by atoms with Gasteiger partial charge in [-0.3, -0.25) is 4.68 Å². The van der Waals surface area contributed by atoms with Crippen molar-refractivity contribution in [3.63, 3.8) is 0 Å². The van der Waals surface area contributed by atoms with Crippen LogP contribution in [0.15, 0.2) is 18.2 Å². The van der Waals surface area contributed by atoms with E-state index in [-0.39, 0.29) is 5.75 Å². The molecular formula is C10H13N3O. The summed E-state index contributed by atoms with van der Waals surface area (Å²) in [6.07, 6.45) is 0. The van der Waals surface area contributed by atoms with Crippen LogP contribution in [0.4, 0.5) is 0 Å². The van der Waals surface area contributed by atoms with Crippen molar-refractivity contribution in [3.05, 3.63) is 23.9 Å². The van der Waals surface area contributed by atoms with Crippen LogP contribution in [0.1, 0.15) is 5.69 Å². The number of rotatable bonds is 2. The standard InChI is InChI=1S/C10H13N3O/c1-11-6-10-8-4-3-7(14)5-9(8)12-13(10)2/h3-5,11,14H,6H2,1-2H3. The maximum atomic E-state index is 9.30. The highest BCUT2D eigenvalue weighted by Crippen LogP contribution is 2.21. The molecular weight excluding hydrogens is 178 g/mol. The number of aromatic nitrogens is 2. The summed E-state index contributed by atoms with van der Waals surface area (Å²) in [7, 11) is 3.81. The highest BCUT2D eigenvalue weighted by Gasteiger charge is 2.07. The van der Waals surface area contributed by atoms with Crippen molar-refractivity contribution in [2.75, 3.05) is 7.05 Å². The Hall–Kier alpha value is -1.55. The van der Waals surface area contributed by atoms with Crippen LogP contribution < -0.4 is 5.32 Å². The van der Waals surface area contributed by atoms with Gasteiger partial charge in [0.1, 0.15) is 5.75 Å². The van der Waals surface area contributed by atoms with E-state index in [1.54, 1.807) is 12.1 Å². The van der Waals surface area contributed by atoms with E-state index in [4.69, 9.17) is 0 Å². The Bertz CT molecular complexity index is 462. The van der Waals surface area contributed by atoms with E-state index in [0.717, 1.165) is 23.1 Å². The van der Waals surface area contributed by atoms with E-state index in [1.807, 2.05) is 24.8 Å². The second-order valence-corrected chi connectivity index (χ2v) is 3.30. The van der Waals surface area contributed by atoms with Crippen molar-refractivity contribution < 1.29 is 5.11 Å². The predicted octanol–water partition coefficient (Wildman–Crippen LogP) is 0.998. The zero-order valence-corrected chi connectivity index (χ0v) is 8.28. The van der Waals surface area contributed by atoms with Crippen LogP contribution in [0.2, 0.25) is 0 Å². The summed E-state index contributed by atoms with van der Waals surface area (Å²) in [6.45, 7) is 0.776. The van der Waals surface area contributed by atoms with Crippen molar-refractivity contribution in [2.45, 2.75) is 6.54 Å². The molecule has 0 aliphatic carbocycles. The van der Waals surface area contributed by atoms with Gasteiger partial charge in [0.15, 0.2) is 0 Å². The van der Waals surface area contributed by atoms with Gasteiger partial charge in [0, 0.05) is 25.0 Å². The van der Waals surface area contributed by atoms with Gasteiger partial charge in [-0.2, -0.15) is 5.10 Å². The number of phenolic OH excluding ortho intramolecular Hbond substituents is 1. The number of nitrogens with zero attached hydrogens (tertiary/aromatic N) is 2. The van der Waals surface area contributed by atoms with Crippen LogP contribution in [0.5, 0.6) is 5.75 Å². The number of phenols is 1. The minimum Gasteiger partial charge on any atom is -0.508 e. The van der Waals surface area contributed by atoms with E-state index < -0.39 is 0 Å². The smallest absolute Gasteiger partial charge is 0.117 e. The van der Waals surface area contributed by atoms with Crippen LogP contribution in [0, 0.1) is 0 Å². The quantitative estimate of drug-likeness (QED) is 0.744. The van der Waals surface area contributed by atoms with Crippen molar-refractivity contribution >= 4 is 10.9 Å². The molecule has 1 aromatic carbocycles. The fourth-order valence-corrected chi connectivity index (χ4v) is 1.62. The van der Waals surface area contributed by atoms with Crippen molar-refractivity contribution in [2.24, 2.45) is 7.05 Å². The van der Waals surface area contributed by atoms with E-state index >= 15 is 0 Å².